The van der Waals surface area contributed by atoms with Gasteiger partial charge in [-0.3, -0.25) is 4.79 Å². The molecule has 0 aliphatic rings. The average molecular weight is 435 g/mol. The zero-order chi connectivity index (χ0) is 21.9. The Labute approximate surface area is 175 Å². The molecule has 0 aliphatic carbocycles. The van der Waals surface area contributed by atoms with Crippen LogP contribution in [0.25, 0.3) is 5.69 Å². The third-order valence-corrected chi connectivity index (χ3v) is 5.08. The lowest BCUT2D eigenvalue weighted by atomic mass is 10.1. The molecule has 1 N–H and O–H groups in total. The van der Waals surface area contributed by atoms with Crippen molar-refractivity contribution in [2.75, 3.05) is 11.6 Å². The number of amides is 1. The van der Waals surface area contributed by atoms with Crippen LogP contribution in [0, 0.1) is 13.8 Å². The Balaban J connectivity index is 1.77. The van der Waals surface area contributed by atoms with E-state index in [-0.39, 0.29) is 17.8 Å². The summed E-state index contributed by atoms with van der Waals surface area (Å²) in [6.07, 6.45) is 0.621. The van der Waals surface area contributed by atoms with Gasteiger partial charge in [0.15, 0.2) is 5.16 Å². The van der Waals surface area contributed by atoms with Crippen LogP contribution < -0.4 is 5.32 Å². The van der Waals surface area contributed by atoms with Crippen LogP contribution in [0.15, 0.2) is 41.8 Å². The Morgan fingerprint density at radius 2 is 1.90 bits per heavy atom. The normalized spacial score (nSPS) is 11.5. The Morgan fingerprint density at radius 1 is 1.20 bits per heavy atom. The second-order valence-corrected chi connectivity index (χ2v) is 7.36. The molecule has 3 aromatic rings. The number of alkyl halides is 3. The lowest BCUT2D eigenvalue weighted by Gasteiger charge is -2.16. The highest BCUT2D eigenvalue weighted by Crippen LogP contribution is 2.36. The van der Waals surface area contributed by atoms with E-state index in [1.165, 1.54) is 34.8 Å². The van der Waals surface area contributed by atoms with Gasteiger partial charge in [0.25, 0.3) is 0 Å². The summed E-state index contributed by atoms with van der Waals surface area (Å²) in [5.74, 6) is -0.514. The minimum atomic E-state index is -4.62. The van der Waals surface area contributed by atoms with Crippen LogP contribution in [0.1, 0.15) is 28.9 Å². The van der Waals surface area contributed by atoms with Gasteiger partial charge in [-0.1, -0.05) is 11.8 Å². The first kappa shape index (κ1) is 21.8. The van der Waals surface area contributed by atoms with Crippen molar-refractivity contribution in [1.29, 1.82) is 0 Å². The lowest BCUT2D eigenvalue weighted by molar-refractivity contribution is -0.137. The number of nitrogens with one attached hydrogen (secondary N) is 1. The molecule has 0 unspecified atom stereocenters. The standard InChI is InChI=1S/C20H20F3N5OS/c1-12-15(13(2)26-19(25-12)30-3)6-8-18(29)27-17-7-5-14(28-10-4-9-24-28)11-16(17)20(21,22)23/h4-5,7,9-11H,6,8H2,1-3H3,(H,27,29). The molecule has 6 nitrogen and oxygen atoms in total. The van der Waals surface area contributed by atoms with Gasteiger partial charge in [0.05, 0.1) is 16.9 Å². The number of hydrogen-bond acceptors (Lipinski definition) is 5. The van der Waals surface area contributed by atoms with Gasteiger partial charge in [0.2, 0.25) is 5.91 Å². The molecule has 0 spiro atoms. The number of anilines is 1. The number of thioether (sulfide) groups is 1. The van der Waals surface area contributed by atoms with Gasteiger partial charge < -0.3 is 5.32 Å². The molecule has 0 radical (unpaired) electrons. The van der Waals surface area contributed by atoms with Crippen molar-refractivity contribution in [3.05, 3.63) is 59.2 Å². The topological polar surface area (TPSA) is 72.7 Å². The molecule has 2 heterocycles. The van der Waals surface area contributed by atoms with Crippen LogP contribution in [0.3, 0.4) is 0 Å². The van der Waals surface area contributed by atoms with Crippen molar-refractivity contribution in [3.63, 3.8) is 0 Å². The molecule has 0 saturated carbocycles. The van der Waals surface area contributed by atoms with Crippen LogP contribution >= 0.6 is 11.8 Å². The summed E-state index contributed by atoms with van der Waals surface area (Å²) in [5, 5.41) is 6.97. The van der Waals surface area contributed by atoms with E-state index in [0.29, 0.717) is 11.6 Å². The van der Waals surface area contributed by atoms with Crippen molar-refractivity contribution < 1.29 is 18.0 Å². The summed E-state index contributed by atoms with van der Waals surface area (Å²) in [7, 11) is 0. The number of hydrogen-bond donors (Lipinski definition) is 1. The van der Waals surface area contributed by atoms with E-state index >= 15 is 0 Å². The van der Waals surface area contributed by atoms with E-state index in [4.69, 9.17) is 0 Å². The summed E-state index contributed by atoms with van der Waals surface area (Å²) in [4.78, 5) is 21.1. The molecule has 0 fully saturated rings. The summed E-state index contributed by atoms with van der Waals surface area (Å²) in [6.45, 7) is 3.66. The van der Waals surface area contributed by atoms with Crippen LogP contribution in [-0.4, -0.2) is 31.9 Å². The summed E-state index contributed by atoms with van der Waals surface area (Å²) >= 11 is 1.42. The molecule has 0 aliphatic heterocycles. The second-order valence-electron chi connectivity index (χ2n) is 6.59. The summed E-state index contributed by atoms with van der Waals surface area (Å²) in [5.41, 5.74) is 1.39. The van der Waals surface area contributed by atoms with E-state index in [0.717, 1.165) is 23.0 Å². The van der Waals surface area contributed by atoms with Gasteiger partial charge in [-0.05, 0) is 56.4 Å². The Morgan fingerprint density at radius 3 is 2.47 bits per heavy atom. The molecule has 30 heavy (non-hydrogen) atoms. The summed E-state index contributed by atoms with van der Waals surface area (Å²) < 4.78 is 42.0. The number of carbonyl (C=O) groups excluding carboxylic acids is 1. The molecule has 0 saturated heterocycles. The first-order valence-corrected chi connectivity index (χ1v) is 10.3. The maximum absolute atomic E-state index is 13.5. The number of carbonyl (C=O) groups is 1. The Kier molecular flexibility index (Phi) is 6.45. The molecule has 158 valence electrons. The lowest BCUT2D eigenvalue weighted by Crippen LogP contribution is -2.18. The van der Waals surface area contributed by atoms with Crippen molar-refractivity contribution in [1.82, 2.24) is 19.7 Å². The minimum Gasteiger partial charge on any atom is -0.325 e. The van der Waals surface area contributed by atoms with E-state index in [1.54, 1.807) is 12.3 Å². The fraction of sp³-hybridized carbons (Fsp3) is 0.300. The first-order chi connectivity index (χ1) is 14.2. The Hall–Kier alpha value is -2.88. The number of aryl methyl sites for hydroxylation is 2. The average Bonchev–Trinajstić information content (AvgIpc) is 3.21. The largest absolute Gasteiger partial charge is 0.418 e. The first-order valence-electron chi connectivity index (χ1n) is 9.08. The van der Waals surface area contributed by atoms with Gasteiger partial charge in [-0.15, -0.1) is 0 Å². The number of benzene rings is 1. The monoisotopic (exact) mass is 435 g/mol. The predicted octanol–water partition coefficient (Wildman–Crippen LogP) is 4.59. The maximum atomic E-state index is 13.5. The minimum absolute atomic E-state index is 0.0157. The third-order valence-electron chi connectivity index (χ3n) is 4.54. The second kappa shape index (κ2) is 8.86. The van der Waals surface area contributed by atoms with Crippen molar-refractivity contribution in [2.45, 2.75) is 38.0 Å². The van der Waals surface area contributed by atoms with Crippen LogP contribution in [0.2, 0.25) is 0 Å². The van der Waals surface area contributed by atoms with Crippen molar-refractivity contribution >= 4 is 23.4 Å². The molecule has 10 heteroatoms. The van der Waals surface area contributed by atoms with Gasteiger partial charge >= 0.3 is 6.18 Å². The van der Waals surface area contributed by atoms with Crippen LogP contribution in [0.5, 0.6) is 0 Å². The van der Waals surface area contributed by atoms with Gasteiger partial charge in [0.1, 0.15) is 0 Å². The maximum Gasteiger partial charge on any atom is 0.418 e. The van der Waals surface area contributed by atoms with Crippen LogP contribution in [-0.2, 0) is 17.4 Å². The van der Waals surface area contributed by atoms with E-state index in [2.05, 4.69) is 20.4 Å². The van der Waals surface area contributed by atoms with Gasteiger partial charge in [0, 0.05) is 30.2 Å². The molecule has 0 bridgehead atoms. The fourth-order valence-corrected chi connectivity index (χ4v) is 3.51. The van der Waals surface area contributed by atoms with Gasteiger partial charge in [-0.25, -0.2) is 14.6 Å². The molecule has 1 aromatic carbocycles. The van der Waals surface area contributed by atoms with Gasteiger partial charge in [-0.2, -0.15) is 18.3 Å². The number of aromatic nitrogens is 4. The number of nitrogens with zero attached hydrogens (tertiary/aromatic N) is 4. The van der Waals surface area contributed by atoms with E-state index in [9.17, 15) is 18.0 Å². The zero-order valence-electron chi connectivity index (χ0n) is 16.6. The Bertz CT molecular complexity index is 1030. The number of rotatable bonds is 6. The van der Waals surface area contributed by atoms with E-state index < -0.39 is 17.6 Å². The highest BCUT2D eigenvalue weighted by molar-refractivity contribution is 7.98. The quantitative estimate of drug-likeness (QED) is 0.453. The molecular formula is C20H20F3N5OS. The van der Waals surface area contributed by atoms with Crippen LogP contribution in [0.4, 0.5) is 18.9 Å². The van der Waals surface area contributed by atoms with Crippen molar-refractivity contribution in [2.24, 2.45) is 0 Å². The summed E-state index contributed by atoms with van der Waals surface area (Å²) in [6, 6.07) is 5.29. The SMILES string of the molecule is CSc1nc(C)c(CCC(=O)Nc2ccc(-n3cccn3)cc2C(F)(F)F)c(C)n1. The predicted molar refractivity (Wildman–Crippen MR) is 109 cm³/mol. The smallest absolute Gasteiger partial charge is 0.325 e. The molecule has 3 rings (SSSR count). The molecular weight excluding hydrogens is 415 g/mol. The molecule has 1 amide bonds. The zero-order valence-corrected chi connectivity index (χ0v) is 17.4. The fourth-order valence-electron chi connectivity index (χ4n) is 3.05. The van der Waals surface area contributed by atoms with Crippen molar-refractivity contribution in [3.8, 4) is 5.69 Å². The molecule has 0 atom stereocenters. The third kappa shape index (κ3) is 4.99. The highest BCUT2D eigenvalue weighted by atomic mass is 32.2. The number of halogens is 3. The molecule has 2 aromatic heterocycles. The van der Waals surface area contributed by atoms with E-state index in [1.807, 2.05) is 20.1 Å². The highest BCUT2D eigenvalue weighted by Gasteiger charge is 2.34.